The lowest BCUT2D eigenvalue weighted by atomic mass is 10.1. The number of amides is 1. The molecule has 0 radical (unpaired) electrons. The molecular weight excluding hydrogens is 240 g/mol. The quantitative estimate of drug-likeness (QED) is 0.792. The number of rotatable bonds is 7. The van der Waals surface area contributed by atoms with Gasteiger partial charge in [-0.15, -0.1) is 0 Å². The number of hydrogen-bond donors (Lipinski definition) is 2. The first kappa shape index (κ1) is 15.5. The van der Waals surface area contributed by atoms with E-state index in [1.807, 2.05) is 32.0 Å². The van der Waals surface area contributed by atoms with Gasteiger partial charge in [-0.25, -0.2) is 0 Å². The van der Waals surface area contributed by atoms with Crippen molar-refractivity contribution >= 4 is 5.91 Å². The Labute approximate surface area is 115 Å². The van der Waals surface area contributed by atoms with E-state index in [0.717, 1.165) is 30.0 Å². The molecule has 0 aliphatic carbocycles. The van der Waals surface area contributed by atoms with Crippen LogP contribution in [0, 0.1) is 6.92 Å². The molecule has 0 spiro atoms. The number of carbonyl (C=O) groups is 1. The average molecular weight is 264 g/mol. The Bertz CT molecular complexity index is 419. The Morgan fingerprint density at radius 3 is 2.68 bits per heavy atom. The summed E-state index contributed by atoms with van der Waals surface area (Å²) >= 11 is 0. The van der Waals surface area contributed by atoms with Gasteiger partial charge < -0.3 is 15.4 Å². The molecule has 0 aromatic heterocycles. The summed E-state index contributed by atoms with van der Waals surface area (Å²) in [6.07, 6.45) is -0.485. The standard InChI is InChI=1S/C15H24N2O2/c1-5-16-10-13-9-7-8-11(3)14(13)19-12(4)15(18)17-6-2/h7-9,12,16H,5-6,10H2,1-4H3,(H,17,18). The number of hydrogen-bond acceptors (Lipinski definition) is 3. The van der Waals surface area contributed by atoms with Gasteiger partial charge in [0.2, 0.25) is 0 Å². The summed E-state index contributed by atoms with van der Waals surface area (Å²) in [6, 6.07) is 6.02. The van der Waals surface area contributed by atoms with Crippen molar-refractivity contribution in [1.29, 1.82) is 0 Å². The second kappa shape index (κ2) is 7.79. The van der Waals surface area contributed by atoms with E-state index in [4.69, 9.17) is 4.74 Å². The zero-order valence-electron chi connectivity index (χ0n) is 12.2. The van der Waals surface area contributed by atoms with Gasteiger partial charge in [-0.1, -0.05) is 25.1 Å². The van der Waals surface area contributed by atoms with Gasteiger partial charge in [0.25, 0.3) is 5.91 Å². The second-order valence-corrected chi connectivity index (χ2v) is 4.50. The van der Waals surface area contributed by atoms with E-state index in [1.54, 1.807) is 6.92 Å². The third kappa shape index (κ3) is 4.56. The molecule has 0 bridgehead atoms. The summed E-state index contributed by atoms with van der Waals surface area (Å²) in [4.78, 5) is 11.7. The molecule has 0 heterocycles. The van der Waals surface area contributed by atoms with Crippen LogP contribution in [-0.4, -0.2) is 25.1 Å². The lowest BCUT2D eigenvalue weighted by Gasteiger charge is -2.19. The topological polar surface area (TPSA) is 50.4 Å². The molecule has 1 unspecified atom stereocenters. The van der Waals surface area contributed by atoms with Crippen molar-refractivity contribution in [3.8, 4) is 5.75 Å². The van der Waals surface area contributed by atoms with E-state index in [9.17, 15) is 4.79 Å². The van der Waals surface area contributed by atoms with Crippen LogP contribution in [0.3, 0.4) is 0 Å². The van der Waals surface area contributed by atoms with E-state index < -0.39 is 6.10 Å². The maximum atomic E-state index is 11.7. The third-order valence-electron chi connectivity index (χ3n) is 2.87. The van der Waals surface area contributed by atoms with Crippen LogP contribution in [0.4, 0.5) is 0 Å². The highest BCUT2D eigenvalue weighted by Crippen LogP contribution is 2.24. The van der Waals surface area contributed by atoms with Crippen molar-refractivity contribution < 1.29 is 9.53 Å². The first-order valence-electron chi connectivity index (χ1n) is 6.83. The molecule has 106 valence electrons. The fourth-order valence-electron chi connectivity index (χ4n) is 1.83. The zero-order chi connectivity index (χ0) is 14.3. The maximum absolute atomic E-state index is 11.7. The van der Waals surface area contributed by atoms with E-state index in [-0.39, 0.29) is 5.91 Å². The Hall–Kier alpha value is -1.55. The van der Waals surface area contributed by atoms with Gasteiger partial charge in [0, 0.05) is 18.7 Å². The Morgan fingerprint density at radius 2 is 2.05 bits per heavy atom. The fraction of sp³-hybridized carbons (Fsp3) is 0.533. The van der Waals surface area contributed by atoms with Crippen LogP contribution in [-0.2, 0) is 11.3 Å². The predicted molar refractivity (Wildman–Crippen MR) is 77.3 cm³/mol. The highest BCUT2D eigenvalue weighted by molar-refractivity contribution is 5.80. The summed E-state index contributed by atoms with van der Waals surface area (Å²) in [5.41, 5.74) is 2.13. The van der Waals surface area contributed by atoms with Gasteiger partial charge in [0.1, 0.15) is 5.75 Å². The Balaban J connectivity index is 2.83. The summed E-state index contributed by atoms with van der Waals surface area (Å²) in [7, 11) is 0. The first-order valence-corrected chi connectivity index (χ1v) is 6.83. The smallest absolute Gasteiger partial charge is 0.260 e. The van der Waals surface area contributed by atoms with Gasteiger partial charge in [-0.2, -0.15) is 0 Å². The average Bonchev–Trinajstić information content (AvgIpc) is 2.39. The van der Waals surface area contributed by atoms with Crippen molar-refractivity contribution in [3.05, 3.63) is 29.3 Å². The van der Waals surface area contributed by atoms with E-state index in [1.165, 1.54) is 0 Å². The van der Waals surface area contributed by atoms with Crippen molar-refractivity contribution in [2.75, 3.05) is 13.1 Å². The molecular formula is C15H24N2O2. The summed E-state index contributed by atoms with van der Waals surface area (Å²) in [5.74, 6) is 0.724. The van der Waals surface area contributed by atoms with Crippen molar-refractivity contribution in [2.45, 2.75) is 40.3 Å². The van der Waals surface area contributed by atoms with Crippen LogP contribution in [0.25, 0.3) is 0 Å². The molecule has 0 saturated carbocycles. The molecule has 0 fully saturated rings. The largest absolute Gasteiger partial charge is 0.480 e. The molecule has 1 atom stereocenters. The number of likely N-dealkylation sites (N-methyl/N-ethyl adjacent to an activating group) is 1. The number of carbonyl (C=O) groups excluding carboxylic acids is 1. The van der Waals surface area contributed by atoms with Crippen LogP contribution < -0.4 is 15.4 Å². The maximum Gasteiger partial charge on any atom is 0.260 e. The molecule has 0 aliphatic rings. The highest BCUT2D eigenvalue weighted by Gasteiger charge is 2.16. The molecule has 2 N–H and O–H groups in total. The minimum absolute atomic E-state index is 0.0832. The number of ether oxygens (including phenoxy) is 1. The number of nitrogens with one attached hydrogen (secondary N) is 2. The minimum Gasteiger partial charge on any atom is -0.480 e. The number of para-hydroxylation sites is 1. The molecule has 0 saturated heterocycles. The number of aryl methyl sites for hydroxylation is 1. The van der Waals surface area contributed by atoms with Crippen LogP contribution in [0.1, 0.15) is 31.9 Å². The summed E-state index contributed by atoms with van der Waals surface area (Å²) < 4.78 is 5.84. The van der Waals surface area contributed by atoms with Crippen molar-refractivity contribution in [2.24, 2.45) is 0 Å². The Kier molecular flexibility index (Phi) is 6.36. The molecule has 1 rings (SSSR count). The fourth-order valence-corrected chi connectivity index (χ4v) is 1.83. The lowest BCUT2D eigenvalue weighted by Crippen LogP contribution is -2.36. The van der Waals surface area contributed by atoms with E-state index >= 15 is 0 Å². The molecule has 1 aromatic rings. The van der Waals surface area contributed by atoms with Crippen molar-refractivity contribution in [3.63, 3.8) is 0 Å². The summed E-state index contributed by atoms with van der Waals surface area (Å²) in [5, 5.41) is 6.05. The van der Waals surface area contributed by atoms with Gasteiger partial charge in [-0.05, 0) is 32.9 Å². The molecule has 0 aliphatic heterocycles. The van der Waals surface area contributed by atoms with Crippen LogP contribution in [0.5, 0.6) is 5.75 Å². The zero-order valence-corrected chi connectivity index (χ0v) is 12.2. The second-order valence-electron chi connectivity index (χ2n) is 4.50. The van der Waals surface area contributed by atoms with Crippen LogP contribution in [0.2, 0.25) is 0 Å². The lowest BCUT2D eigenvalue weighted by molar-refractivity contribution is -0.127. The molecule has 1 aromatic carbocycles. The molecule has 4 nitrogen and oxygen atoms in total. The third-order valence-corrected chi connectivity index (χ3v) is 2.87. The number of benzene rings is 1. The van der Waals surface area contributed by atoms with Gasteiger partial charge in [0.15, 0.2) is 6.10 Å². The molecule has 4 heteroatoms. The highest BCUT2D eigenvalue weighted by atomic mass is 16.5. The monoisotopic (exact) mass is 264 g/mol. The van der Waals surface area contributed by atoms with E-state index in [2.05, 4.69) is 17.6 Å². The van der Waals surface area contributed by atoms with Gasteiger partial charge >= 0.3 is 0 Å². The van der Waals surface area contributed by atoms with Gasteiger partial charge in [-0.3, -0.25) is 4.79 Å². The molecule has 19 heavy (non-hydrogen) atoms. The van der Waals surface area contributed by atoms with Crippen LogP contribution in [0.15, 0.2) is 18.2 Å². The summed E-state index contributed by atoms with van der Waals surface area (Å²) in [6.45, 7) is 9.99. The van der Waals surface area contributed by atoms with Gasteiger partial charge in [0.05, 0.1) is 0 Å². The van der Waals surface area contributed by atoms with Crippen LogP contribution >= 0.6 is 0 Å². The minimum atomic E-state index is -0.485. The van der Waals surface area contributed by atoms with E-state index in [0.29, 0.717) is 6.54 Å². The molecule has 1 amide bonds. The normalized spacial score (nSPS) is 12.0. The van der Waals surface area contributed by atoms with Crippen molar-refractivity contribution in [1.82, 2.24) is 10.6 Å². The Morgan fingerprint density at radius 1 is 1.32 bits per heavy atom. The predicted octanol–water partition coefficient (Wildman–Crippen LogP) is 2.01. The SMILES string of the molecule is CCNCc1cccc(C)c1OC(C)C(=O)NCC. The first-order chi connectivity index (χ1) is 9.10.